The Morgan fingerprint density at radius 3 is 2.62 bits per heavy atom. The predicted octanol–water partition coefficient (Wildman–Crippen LogP) is 3.38. The molecular weight excluding hydrogens is 435 g/mol. The van der Waals surface area contributed by atoms with E-state index in [0.717, 1.165) is 18.2 Å². The van der Waals surface area contributed by atoms with Crippen molar-refractivity contribution in [3.05, 3.63) is 72.6 Å². The number of nitrogens with one attached hydrogen (secondary N) is 1. The highest BCUT2D eigenvalue weighted by atomic mass is 32.2. The van der Waals surface area contributed by atoms with Crippen molar-refractivity contribution in [2.75, 3.05) is 25.0 Å². The Labute approximate surface area is 186 Å². The molecule has 1 aromatic heterocycles. The highest BCUT2D eigenvalue weighted by Crippen LogP contribution is 2.26. The summed E-state index contributed by atoms with van der Waals surface area (Å²) in [4.78, 5) is 16.6. The third-order valence-corrected chi connectivity index (χ3v) is 6.87. The fourth-order valence-electron chi connectivity index (χ4n) is 3.12. The van der Waals surface area contributed by atoms with Crippen LogP contribution in [0.25, 0.3) is 0 Å². The van der Waals surface area contributed by atoms with Crippen molar-refractivity contribution in [2.24, 2.45) is 0 Å². The quantitative estimate of drug-likeness (QED) is 0.501. The van der Waals surface area contributed by atoms with Crippen molar-refractivity contribution >= 4 is 21.6 Å². The van der Waals surface area contributed by atoms with Gasteiger partial charge in [-0.2, -0.15) is 4.31 Å². The fourth-order valence-corrected chi connectivity index (χ4v) is 4.60. The number of anilines is 1. The van der Waals surface area contributed by atoms with Crippen LogP contribution in [0.1, 0.15) is 24.2 Å². The van der Waals surface area contributed by atoms with Crippen LogP contribution in [0.3, 0.4) is 0 Å². The van der Waals surface area contributed by atoms with Crippen LogP contribution in [-0.2, 0) is 16.6 Å². The molecule has 0 aliphatic rings. The number of nitrogens with zero attached hydrogens (tertiary/aromatic N) is 3. The minimum Gasteiger partial charge on any atom is -0.490 e. The van der Waals surface area contributed by atoms with Crippen LogP contribution in [0.4, 0.5) is 10.1 Å². The van der Waals surface area contributed by atoms with Crippen molar-refractivity contribution in [3.8, 4) is 5.75 Å². The minimum absolute atomic E-state index is 0.141. The second kappa shape index (κ2) is 10.4. The Kier molecular flexibility index (Phi) is 7.60. The molecule has 3 aromatic rings. The van der Waals surface area contributed by atoms with Crippen LogP contribution in [-0.4, -0.2) is 47.9 Å². The van der Waals surface area contributed by atoms with Gasteiger partial charge in [0.05, 0.1) is 29.0 Å². The van der Waals surface area contributed by atoms with Gasteiger partial charge in [-0.25, -0.2) is 17.8 Å². The number of aromatic nitrogens is 2. The van der Waals surface area contributed by atoms with Gasteiger partial charge in [0.25, 0.3) is 5.91 Å². The first-order valence-electron chi connectivity index (χ1n) is 10.2. The molecule has 0 radical (unpaired) electrons. The molecule has 0 atom stereocenters. The van der Waals surface area contributed by atoms with Gasteiger partial charge in [0.1, 0.15) is 18.2 Å². The molecule has 2 aromatic carbocycles. The van der Waals surface area contributed by atoms with Gasteiger partial charge in [0.15, 0.2) is 0 Å². The van der Waals surface area contributed by atoms with E-state index in [1.54, 1.807) is 56.8 Å². The van der Waals surface area contributed by atoms with Crippen molar-refractivity contribution in [3.63, 3.8) is 0 Å². The van der Waals surface area contributed by atoms with Crippen LogP contribution in [0.15, 0.2) is 66.1 Å². The molecule has 0 saturated carbocycles. The molecule has 32 heavy (non-hydrogen) atoms. The lowest BCUT2D eigenvalue weighted by atomic mass is 10.2. The van der Waals surface area contributed by atoms with Gasteiger partial charge in [-0.15, -0.1) is 0 Å². The van der Waals surface area contributed by atoms with E-state index >= 15 is 0 Å². The SMILES string of the molecule is CCN(CC)S(=O)(=O)c1ccc(F)c(C(=O)Nc2ccccc2OCCn2ccnc2)c1. The monoisotopic (exact) mass is 460 g/mol. The number of carbonyl (C=O) groups is 1. The zero-order valence-electron chi connectivity index (χ0n) is 17.9. The number of para-hydroxylation sites is 2. The number of benzene rings is 2. The number of rotatable bonds is 10. The van der Waals surface area contributed by atoms with Crippen molar-refractivity contribution in [1.29, 1.82) is 0 Å². The standard InChI is InChI=1S/C22H25FN4O4S/c1-3-27(4-2)32(29,30)17-9-10-19(23)18(15-17)22(28)25-20-7-5-6-8-21(20)31-14-13-26-12-11-24-16-26/h5-12,15-16H,3-4,13-14H2,1-2H3,(H,25,28). The molecule has 170 valence electrons. The van der Waals surface area contributed by atoms with E-state index < -0.39 is 21.7 Å². The van der Waals surface area contributed by atoms with Gasteiger partial charge in [-0.1, -0.05) is 26.0 Å². The second-order valence-corrected chi connectivity index (χ2v) is 8.77. The van der Waals surface area contributed by atoms with E-state index in [2.05, 4.69) is 10.3 Å². The summed E-state index contributed by atoms with van der Waals surface area (Å²) in [6, 6.07) is 9.96. The van der Waals surface area contributed by atoms with Crippen LogP contribution >= 0.6 is 0 Å². The van der Waals surface area contributed by atoms with Crippen LogP contribution < -0.4 is 10.1 Å². The van der Waals surface area contributed by atoms with Crippen molar-refractivity contribution < 1.29 is 22.3 Å². The first-order chi connectivity index (χ1) is 15.4. The fraction of sp³-hybridized carbons (Fsp3) is 0.273. The number of hydrogen-bond acceptors (Lipinski definition) is 5. The number of halogens is 1. The molecule has 0 fully saturated rings. The van der Waals surface area contributed by atoms with Gasteiger partial charge < -0.3 is 14.6 Å². The van der Waals surface area contributed by atoms with Crippen LogP contribution in [0, 0.1) is 5.82 Å². The van der Waals surface area contributed by atoms with Crippen molar-refractivity contribution in [1.82, 2.24) is 13.9 Å². The molecule has 1 amide bonds. The molecule has 1 heterocycles. The zero-order valence-corrected chi connectivity index (χ0v) is 18.7. The Morgan fingerprint density at radius 1 is 1.19 bits per heavy atom. The third-order valence-electron chi connectivity index (χ3n) is 4.83. The highest BCUT2D eigenvalue weighted by Gasteiger charge is 2.24. The maximum absolute atomic E-state index is 14.4. The molecule has 0 saturated heterocycles. The molecule has 0 spiro atoms. The molecule has 10 heteroatoms. The Hall–Kier alpha value is -3.24. The van der Waals surface area contributed by atoms with E-state index in [9.17, 15) is 17.6 Å². The number of ether oxygens (including phenoxy) is 1. The molecule has 8 nitrogen and oxygen atoms in total. The first kappa shape index (κ1) is 23.4. The average molecular weight is 461 g/mol. The average Bonchev–Trinajstić information content (AvgIpc) is 3.29. The summed E-state index contributed by atoms with van der Waals surface area (Å²) in [5.74, 6) is -1.18. The summed E-state index contributed by atoms with van der Waals surface area (Å²) >= 11 is 0. The zero-order chi connectivity index (χ0) is 23.1. The van der Waals surface area contributed by atoms with Crippen LogP contribution in [0.5, 0.6) is 5.75 Å². The molecular formula is C22H25FN4O4S. The lowest BCUT2D eigenvalue weighted by molar-refractivity contribution is 0.102. The largest absolute Gasteiger partial charge is 0.490 e. The Balaban J connectivity index is 1.79. The van der Waals surface area contributed by atoms with E-state index in [4.69, 9.17) is 4.74 Å². The summed E-state index contributed by atoms with van der Waals surface area (Å²) in [6.07, 6.45) is 5.13. The number of carbonyl (C=O) groups excluding carboxylic acids is 1. The molecule has 0 aliphatic carbocycles. The van der Waals surface area contributed by atoms with E-state index in [1.807, 2.05) is 4.57 Å². The predicted molar refractivity (Wildman–Crippen MR) is 119 cm³/mol. The van der Waals surface area contributed by atoms with E-state index in [0.29, 0.717) is 24.6 Å². The maximum Gasteiger partial charge on any atom is 0.258 e. The van der Waals surface area contributed by atoms with Gasteiger partial charge in [-0.3, -0.25) is 4.79 Å². The van der Waals surface area contributed by atoms with E-state index in [1.165, 1.54) is 4.31 Å². The summed E-state index contributed by atoms with van der Waals surface area (Å²) in [6.45, 7) is 4.84. The maximum atomic E-state index is 14.4. The second-order valence-electron chi connectivity index (χ2n) is 6.83. The molecule has 0 unspecified atom stereocenters. The smallest absolute Gasteiger partial charge is 0.258 e. The Morgan fingerprint density at radius 2 is 1.94 bits per heavy atom. The van der Waals surface area contributed by atoms with Gasteiger partial charge in [0.2, 0.25) is 10.0 Å². The first-order valence-corrected chi connectivity index (χ1v) is 11.6. The summed E-state index contributed by atoms with van der Waals surface area (Å²) in [5.41, 5.74) is -0.0222. The third kappa shape index (κ3) is 5.32. The van der Waals surface area contributed by atoms with Gasteiger partial charge in [-0.05, 0) is 30.3 Å². The number of imidazole rings is 1. The van der Waals surface area contributed by atoms with Gasteiger partial charge >= 0.3 is 0 Å². The topological polar surface area (TPSA) is 93.5 Å². The minimum atomic E-state index is -3.83. The van der Waals surface area contributed by atoms with Crippen LogP contribution in [0.2, 0.25) is 0 Å². The number of sulfonamides is 1. The Bertz CT molecular complexity index is 1160. The molecule has 1 N–H and O–H groups in total. The summed E-state index contributed by atoms with van der Waals surface area (Å²) < 4.78 is 48.8. The number of hydrogen-bond donors (Lipinski definition) is 1. The molecule has 0 bridgehead atoms. The lowest BCUT2D eigenvalue weighted by Crippen LogP contribution is -2.31. The normalized spacial score (nSPS) is 11.5. The molecule has 3 rings (SSSR count). The summed E-state index contributed by atoms with van der Waals surface area (Å²) in [5, 5.41) is 2.62. The van der Waals surface area contributed by atoms with Gasteiger partial charge in [0, 0.05) is 25.5 Å². The summed E-state index contributed by atoms with van der Waals surface area (Å²) in [7, 11) is -3.83. The van der Waals surface area contributed by atoms with E-state index in [-0.39, 0.29) is 23.5 Å². The number of amides is 1. The molecule has 0 aliphatic heterocycles. The highest BCUT2D eigenvalue weighted by molar-refractivity contribution is 7.89. The lowest BCUT2D eigenvalue weighted by Gasteiger charge is -2.19. The van der Waals surface area contributed by atoms with Crippen molar-refractivity contribution in [2.45, 2.75) is 25.3 Å².